The molecule has 2 N–H and O–H groups in total. The lowest BCUT2D eigenvalue weighted by molar-refractivity contribution is -0.145. The number of fused-ring (bicyclic) bond motifs is 2. The molecule has 0 spiro atoms. The fraction of sp³-hybridized carbons (Fsp3) is 0.333. The Labute approximate surface area is 153 Å². The van der Waals surface area contributed by atoms with Crippen LogP contribution in [-0.4, -0.2) is 55.3 Å². The number of carbonyl (C=O) groups is 4. The summed E-state index contributed by atoms with van der Waals surface area (Å²) in [7, 11) is 2.36. The lowest BCUT2D eigenvalue weighted by atomic mass is 9.82. The number of carboxylic acids is 1. The van der Waals surface area contributed by atoms with Crippen LogP contribution in [0.4, 0.5) is 5.69 Å². The Morgan fingerprint density at radius 2 is 1.44 bits per heavy atom. The van der Waals surface area contributed by atoms with Crippen molar-refractivity contribution >= 4 is 29.5 Å². The number of hydrogen-bond donors (Lipinski definition) is 2. The fourth-order valence-corrected chi connectivity index (χ4v) is 3.31. The van der Waals surface area contributed by atoms with Gasteiger partial charge in [0.05, 0.1) is 43.5 Å². The van der Waals surface area contributed by atoms with Crippen molar-refractivity contribution < 1.29 is 38.5 Å². The Hall–Kier alpha value is -3.20. The first-order valence-corrected chi connectivity index (χ1v) is 8.05. The van der Waals surface area contributed by atoms with E-state index in [1.54, 1.807) is 12.2 Å². The quantitative estimate of drug-likeness (QED) is 0.573. The SMILES string of the molecule is COC(=O)c1cc(NC(=O)[C@@H]2[C@H](C(=O)O)[C@H]3C=C[C@H]2O3)cc(C(=O)OC)c1. The number of rotatable bonds is 5. The molecule has 27 heavy (non-hydrogen) atoms. The van der Waals surface area contributed by atoms with Gasteiger partial charge in [-0.2, -0.15) is 0 Å². The van der Waals surface area contributed by atoms with E-state index in [1.807, 2.05) is 0 Å². The predicted octanol–water partition coefficient (Wildman–Crippen LogP) is 0.852. The summed E-state index contributed by atoms with van der Waals surface area (Å²) < 4.78 is 14.8. The van der Waals surface area contributed by atoms with Crippen LogP contribution in [0.5, 0.6) is 0 Å². The Morgan fingerprint density at radius 3 is 1.93 bits per heavy atom. The van der Waals surface area contributed by atoms with Crippen LogP contribution >= 0.6 is 0 Å². The van der Waals surface area contributed by atoms with Crippen LogP contribution in [0.25, 0.3) is 0 Å². The molecule has 2 heterocycles. The van der Waals surface area contributed by atoms with Gasteiger partial charge in [0.2, 0.25) is 5.91 Å². The first-order valence-electron chi connectivity index (χ1n) is 8.05. The van der Waals surface area contributed by atoms with Gasteiger partial charge in [-0.3, -0.25) is 9.59 Å². The molecule has 0 saturated carbocycles. The molecule has 1 fully saturated rings. The Balaban J connectivity index is 1.89. The average molecular weight is 375 g/mol. The summed E-state index contributed by atoms with van der Waals surface area (Å²) in [5.41, 5.74) is 0.211. The first kappa shape index (κ1) is 18.6. The molecule has 1 aromatic rings. The predicted molar refractivity (Wildman–Crippen MR) is 90.2 cm³/mol. The number of hydrogen-bond acceptors (Lipinski definition) is 7. The van der Waals surface area contributed by atoms with Gasteiger partial charge < -0.3 is 24.6 Å². The smallest absolute Gasteiger partial charge is 0.337 e. The Morgan fingerprint density at radius 1 is 0.926 bits per heavy atom. The molecule has 0 radical (unpaired) electrons. The highest BCUT2D eigenvalue weighted by Crippen LogP contribution is 2.40. The van der Waals surface area contributed by atoms with E-state index in [1.165, 1.54) is 32.4 Å². The number of amides is 1. The molecule has 142 valence electrons. The molecule has 0 unspecified atom stereocenters. The molecule has 1 aromatic carbocycles. The van der Waals surface area contributed by atoms with E-state index in [0.717, 1.165) is 0 Å². The number of nitrogens with one attached hydrogen (secondary N) is 1. The summed E-state index contributed by atoms with van der Waals surface area (Å²) in [6.07, 6.45) is 1.98. The van der Waals surface area contributed by atoms with Crippen LogP contribution in [0.1, 0.15) is 20.7 Å². The van der Waals surface area contributed by atoms with Gasteiger partial charge in [-0.05, 0) is 18.2 Å². The molecule has 2 aliphatic rings. The number of carbonyl (C=O) groups excluding carboxylic acids is 3. The van der Waals surface area contributed by atoms with Gasteiger partial charge in [0, 0.05) is 5.69 Å². The first-order chi connectivity index (χ1) is 12.8. The zero-order valence-corrected chi connectivity index (χ0v) is 14.5. The molecule has 1 saturated heterocycles. The van der Waals surface area contributed by atoms with E-state index < -0.39 is 47.9 Å². The second kappa shape index (κ2) is 7.20. The second-order valence-corrected chi connectivity index (χ2v) is 6.11. The van der Waals surface area contributed by atoms with Crippen LogP contribution < -0.4 is 5.32 Å². The van der Waals surface area contributed by atoms with Gasteiger partial charge in [-0.25, -0.2) is 9.59 Å². The van der Waals surface area contributed by atoms with E-state index in [2.05, 4.69) is 14.8 Å². The topological polar surface area (TPSA) is 128 Å². The van der Waals surface area contributed by atoms with Crippen LogP contribution in [0.15, 0.2) is 30.4 Å². The lowest BCUT2D eigenvalue weighted by Crippen LogP contribution is -2.39. The molecule has 0 aliphatic carbocycles. The molecule has 2 bridgehead atoms. The second-order valence-electron chi connectivity index (χ2n) is 6.11. The maximum Gasteiger partial charge on any atom is 0.337 e. The summed E-state index contributed by atoms with van der Waals surface area (Å²) in [4.78, 5) is 47.9. The van der Waals surface area contributed by atoms with Crippen LogP contribution in [0.2, 0.25) is 0 Å². The molecule has 0 aromatic heterocycles. The number of esters is 2. The fourth-order valence-electron chi connectivity index (χ4n) is 3.31. The molecule has 4 atom stereocenters. The van der Waals surface area contributed by atoms with E-state index in [0.29, 0.717) is 0 Å². The third-order valence-electron chi connectivity index (χ3n) is 4.53. The monoisotopic (exact) mass is 375 g/mol. The van der Waals surface area contributed by atoms with Crippen molar-refractivity contribution in [3.63, 3.8) is 0 Å². The number of anilines is 1. The van der Waals surface area contributed by atoms with Gasteiger partial charge in [0.1, 0.15) is 5.92 Å². The number of methoxy groups -OCH3 is 2. The molecular weight excluding hydrogens is 358 g/mol. The van der Waals surface area contributed by atoms with Gasteiger partial charge in [-0.15, -0.1) is 0 Å². The molecular formula is C18H17NO8. The molecule has 2 aliphatic heterocycles. The average Bonchev–Trinajstić information content (AvgIpc) is 3.27. The maximum atomic E-state index is 12.7. The zero-order valence-electron chi connectivity index (χ0n) is 14.5. The standard InChI is InChI=1S/C18H17NO8/c1-25-17(23)8-5-9(18(24)26-2)7-10(6-8)19-15(20)13-11-3-4-12(27-11)14(13)16(21)22/h3-7,11-14H,1-2H3,(H,19,20)(H,21,22)/t11-,12-,13+,14-/m1/s1. The third-order valence-corrected chi connectivity index (χ3v) is 4.53. The summed E-state index contributed by atoms with van der Waals surface area (Å²) in [5, 5.41) is 12.0. The third kappa shape index (κ3) is 3.41. The maximum absolute atomic E-state index is 12.7. The van der Waals surface area contributed by atoms with E-state index in [9.17, 15) is 24.3 Å². The van der Waals surface area contributed by atoms with Gasteiger partial charge in [-0.1, -0.05) is 12.2 Å². The van der Waals surface area contributed by atoms with Crippen molar-refractivity contribution in [3.8, 4) is 0 Å². The number of ether oxygens (including phenoxy) is 3. The minimum absolute atomic E-state index is 0.0366. The highest BCUT2D eigenvalue weighted by Gasteiger charge is 2.53. The van der Waals surface area contributed by atoms with Crippen molar-refractivity contribution in [2.45, 2.75) is 12.2 Å². The van der Waals surface area contributed by atoms with E-state index >= 15 is 0 Å². The minimum Gasteiger partial charge on any atom is -0.481 e. The number of carboxylic acid groups (broad SMARTS) is 1. The van der Waals surface area contributed by atoms with Crippen molar-refractivity contribution in [3.05, 3.63) is 41.5 Å². The Kier molecular flexibility index (Phi) is 4.95. The largest absolute Gasteiger partial charge is 0.481 e. The zero-order chi connectivity index (χ0) is 19.7. The molecule has 1 amide bonds. The molecule has 9 nitrogen and oxygen atoms in total. The summed E-state index contributed by atoms with van der Waals surface area (Å²) in [5.74, 6) is -5.07. The summed E-state index contributed by atoms with van der Waals surface area (Å²) in [6, 6.07) is 3.93. The van der Waals surface area contributed by atoms with Crippen LogP contribution in [0, 0.1) is 11.8 Å². The highest BCUT2D eigenvalue weighted by molar-refractivity contribution is 6.01. The molecule has 9 heteroatoms. The van der Waals surface area contributed by atoms with Crippen molar-refractivity contribution in [1.82, 2.24) is 0 Å². The number of benzene rings is 1. The van der Waals surface area contributed by atoms with E-state index in [-0.39, 0.29) is 16.8 Å². The van der Waals surface area contributed by atoms with Crippen molar-refractivity contribution in [2.75, 3.05) is 19.5 Å². The van der Waals surface area contributed by atoms with Gasteiger partial charge in [0.25, 0.3) is 0 Å². The normalized spacial score (nSPS) is 25.1. The van der Waals surface area contributed by atoms with E-state index in [4.69, 9.17) is 4.74 Å². The van der Waals surface area contributed by atoms with Gasteiger partial charge in [0.15, 0.2) is 0 Å². The lowest BCUT2D eigenvalue weighted by Gasteiger charge is -2.21. The van der Waals surface area contributed by atoms with Crippen LogP contribution in [-0.2, 0) is 23.8 Å². The van der Waals surface area contributed by atoms with Gasteiger partial charge >= 0.3 is 17.9 Å². The summed E-state index contributed by atoms with van der Waals surface area (Å²) >= 11 is 0. The van der Waals surface area contributed by atoms with Crippen molar-refractivity contribution in [2.24, 2.45) is 11.8 Å². The highest BCUT2D eigenvalue weighted by atomic mass is 16.5. The molecule has 3 rings (SSSR count). The Bertz CT molecular complexity index is 812. The minimum atomic E-state index is -1.13. The van der Waals surface area contributed by atoms with Crippen LogP contribution in [0.3, 0.4) is 0 Å². The summed E-state index contributed by atoms with van der Waals surface area (Å²) in [6.45, 7) is 0. The number of aliphatic carboxylic acids is 1. The van der Waals surface area contributed by atoms with Crippen molar-refractivity contribution in [1.29, 1.82) is 0 Å².